The zero-order valence-corrected chi connectivity index (χ0v) is 41.6. The first-order valence-corrected chi connectivity index (χ1v) is 27.3. The Morgan fingerprint density at radius 1 is 0.254 bits per heavy atom. The molecule has 4 aromatic carbocycles. The smallest absolute Gasteiger partial charge is 0.00106 e. The van der Waals surface area contributed by atoms with Gasteiger partial charge in [0.05, 0.1) is 0 Å². The second-order valence-electron chi connectivity index (χ2n) is 19.3. The fourth-order valence-corrected chi connectivity index (χ4v) is 10.0. The lowest BCUT2D eigenvalue weighted by molar-refractivity contribution is 0.588. The van der Waals surface area contributed by atoms with Crippen molar-refractivity contribution >= 4 is 11.1 Å². The molecule has 0 nitrogen and oxygen atoms in total. The van der Waals surface area contributed by atoms with Gasteiger partial charge in [-0.25, -0.2) is 0 Å². The van der Waals surface area contributed by atoms with Gasteiger partial charge in [-0.1, -0.05) is 279 Å². The SMILES string of the molecule is CCCCCCCCCc1ccccc1CC(=C(c1ccccc1CCCCCCCCC)c1ccccc1CCCCCCCCC)c1ccccc1CCCCCCCCC. The standard InChI is InChI=1S/C63H94/c1-5-9-13-17-21-25-29-41-54-42-33-34-49-58(54)53-62(59-50-38-35-46-55(59)43-30-26-22-18-14-10-6-2)63(60-51-39-36-47-56(60)44-31-27-23-19-15-11-7-3)61-52-40-37-48-57(61)45-32-28-24-20-16-12-8-4/h33-40,42,46-52H,5-32,41,43-45,53H2,1-4H3. The topological polar surface area (TPSA) is 0 Å². The molecule has 0 aliphatic heterocycles. The van der Waals surface area contributed by atoms with Gasteiger partial charge in [-0.3, -0.25) is 0 Å². The summed E-state index contributed by atoms with van der Waals surface area (Å²) in [4.78, 5) is 0. The second kappa shape index (κ2) is 34.0. The average molecular weight is 851 g/mol. The summed E-state index contributed by atoms with van der Waals surface area (Å²) in [6, 6.07) is 38.4. The van der Waals surface area contributed by atoms with Crippen molar-refractivity contribution in [2.45, 2.75) is 240 Å². The molecule has 63 heavy (non-hydrogen) atoms. The van der Waals surface area contributed by atoms with E-state index in [1.165, 1.54) is 231 Å². The van der Waals surface area contributed by atoms with Crippen molar-refractivity contribution in [1.82, 2.24) is 0 Å². The normalized spacial score (nSPS) is 11.4. The van der Waals surface area contributed by atoms with Gasteiger partial charge in [0.15, 0.2) is 0 Å². The number of benzene rings is 4. The third-order valence-electron chi connectivity index (χ3n) is 13.9. The molecular weight excluding hydrogens is 757 g/mol. The van der Waals surface area contributed by atoms with E-state index in [4.69, 9.17) is 0 Å². The molecule has 346 valence electrons. The third-order valence-corrected chi connectivity index (χ3v) is 13.9. The molecule has 0 aliphatic rings. The minimum atomic E-state index is 0.966. The summed E-state index contributed by atoms with van der Waals surface area (Å²) < 4.78 is 0. The molecule has 0 saturated heterocycles. The van der Waals surface area contributed by atoms with E-state index >= 15 is 0 Å². The Morgan fingerprint density at radius 2 is 0.508 bits per heavy atom. The molecule has 4 rings (SSSR count). The molecule has 0 heterocycles. The summed E-state index contributed by atoms with van der Waals surface area (Å²) in [6.07, 6.45) is 43.3. The predicted octanol–water partition coefficient (Wildman–Crippen LogP) is 20.1. The number of aryl methyl sites for hydroxylation is 4. The first-order chi connectivity index (χ1) is 31.2. The predicted molar refractivity (Wildman–Crippen MR) is 282 cm³/mol. The summed E-state index contributed by atoms with van der Waals surface area (Å²) in [7, 11) is 0. The van der Waals surface area contributed by atoms with Crippen LogP contribution in [0, 0.1) is 0 Å². The molecule has 0 amide bonds. The summed E-state index contributed by atoms with van der Waals surface area (Å²) in [5.41, 5.74) is 15.2. The highest BCUT2D eigenvalue weighted by molar-refractivity contribution is 6.01. The Morgan fingerprint density at radius 3 is 0.873 bits per heavy atom. The fraction of sp³-hybridized carbons (Fsp3) is 0.587. The Kier molecular flexibility index (Phi) is 28.2. The molecule has 0 aromatic heterocycles. The maximum atomic E-state index is 2.50. The molecule has 0 bridgehead atoms. The first kappa shape index (κ1) is 52.2. The van der Waals surface area contributed by atoms with Gasteiger partial charge in [0.2, 0.25) is 0 Å². The number of rotatable bonds is 37. The van der Waals surface area contributed by atoms with Gasteiger partial charge in [-0.15, -0.1) is 0 Å². The Bertz CT molecular complexity index is 1710. The summed E-state index contributed by atoms with van der Waals surface area (Å²) in [6.45, 7) is 9.30. The van der Waals surface area contributed by atoms with Crippen molar-refractivity contribution in [1.29, 1.82) is 0 Å². The molecule has 0 saturated carbocycles. The lowest BCUT2D eigenvalue weighted by atomic mass is 9.79. The van der Waals surface area contributed by atoms with Crippen molar-refractivity contribution in [3.05, 3.63) is 142 Å². The average Bonchev–Trinajstić information content (AvgIpc) is 3.31. The Hall–Kier alpha value is -3.38. The largest absolute Gasteiger partial charge is 0.0654 e. The van der Waals surface area contributed by atoms with Gasteiger partial charge in [0.1, 0.15) is 0 Å². The van der Waals surface area contributed by atoms with Crippen molar-refractivity contribution in [3.8, 4) is 0 Å². The lowest BCUT2D eigenvalue weighted by Crippen LogP contribution is -2.07. The van der Waals surface area contributed by atoms with E-state index in [0.717, 1.165) is 25.7 Å². The van der Waals surface area contributed by atoms with Crippen LogP contribution in [0.3, 0.4) is 0 Å². The van der Waals surface area contributed by atoms with Gasteiger partial charge in [-0.2, -0.15) is 0 Å². The van der Waals surface area contributed by atoms with E-state index in [1.807, 2.05) is 0 Å². The van der Waals surface area contributed by atoms with Crippen molar-refractivity contribution < 1.29 is 0 Å². The van der Waals surface area contributed by atoms with Crippen LogP contribution in [-0.4, -0.2) is 0 Å². The van der Waals surface area contributed by atoms with Crippen LogP contribution >= 0.6 is 0 Å². The van der Waals surface area contributed by atoms with Crippen LogP contribution in [0.1, 0.15) is 252 Å². The van der Waals surface area contributed by atoms with E-state index in [-0.39, 0.29) is 0 Å². The Labute approximate surface area is 390 Å². The maximum Gasteiger partial charge on any atom is -0.00106 e. The Balaban J connectivity index is 1.83. The van der Waals surface area contributed by atoms with Crippen molar-refractivity contribution in [2.75, 3.05) is 0 Å². The lowest BCUT2D eigenvalue weighted by Gasteiger charge is -2.24. The van der Waals surface area contributed by atoms with Crippen molar-refractivity contribution in [3.63, 3.8) is 0 Å². The molecule has 0 aliphatic carbocycles. The van der Waals surface area contributed by atoms with Gasteiger partial charge >= 0.3 is 0 Å². The third kappa shape index (κ3) is 20.1. The highest BCUT2D eigenvalue weighted by atomic mass is 14.3. The van der Waals surface area contributed by atoms with Gasteiger partial charge in [0.25, 0.3) is 0 Å². The number of allylic oxidation sites excluding steroid dienone is 1. The monoisotopic (exact) mass is 851 g/mol. The summed E-state index contributed by atoms with van der Waals surface area (Å²) >= 11 is 0. The quantitative estimate of drug-likeness (QED) is 0.0313. The van der Waals surface area contributed by atoms with Crippen LogP contribution < -0.4 is 0 Å². The molecule has 0 N–H and O–H groups in total. The summed E-state index contributed by atoms with van der Waals surface area (Å²) in [5.74, 6) is 0. The highest BCUT2D eigenvalue weighted by Crippen LogP contribution is 2.40. The fourth-order valence-electron chi connectivity index (χ4n) is 10.0. The van der Waals surface area contributed by atoms with E-state index < -0.39 is 0 Å². The molecule has 0 unspecified atom stereocenters. The molecule has 0 spiro atoms. The molecular formula is C63H94. The van der Waals surface area contributed by atoms with Gasteiger partial charge in [-0.05, 0) is 113 Å². The number of unbranched alkanes of at least 4 members (excludes halogenated alkanes) is 24. The molecule has 0 radical (unpaired) electrons. The summed E-state index contributed by atoms with van der Waals surface area (Å²) in [5, 5.41) is 0. The van der Waals surface area contributed by atoms with E-state index in [2.05, 4.69) is 125 Å². The van der Waals surface area contributed by atoms with Gasteiger partial charge < -0.3 is 0 Å². The number of hydrogen-bond donors (Lipinski definition) is 0. The maximum absolute atomic E-state index is 2.50. The second-order valence-corrected chi connectivity index (χ2v) is 19.3. The van der Waals surface area contributed by atoms with Crippen LogP contribution in [0.2, 0.25) is 0 Å². The van der Waals surface area contributed by atoms with Crippen LogP contribution in [0.25, 0.3) is 11.1 Å². The zero-order chi connectivity index (χ0) is 44.4. The van der Waals surface area contributed by atoms with Crippen LogP contribution in [0.5, 0.6) is 0 Å². The zero-order valence-electron chi connectivity index (χ0n) is 41.6. The molecule has 0 fully saturated rings. The van der Waals surface area contributed by atoms with E-state index in [9.17, 15) is 0 Å². The van der Waals surface area contributed by atoms with Crippen LogP contribution in [0.15, 0.2) is 97.1 Å². The minimum absolute atomic E-state index is 0.966. The van der Waals surface area contributed by atoms with Crippen LogP contribution in [-0.2, 0) is 32.1 Å². The van der Waals surface area contributed by atoms with Crippen molar-refractivity contribution in [2.24, 2.45) is 0 Å². The van der Waals surface area contributed by atoms with Crippen LogP contribution in [0.4, 0.5) is 0 Å². The highest BCUT2D eigenvalue weighted by Gasteiger charge is 2.22. The van der Waals surface area contributed by atoms with E-state index in [0.29, 0.717) is 0 Å². The van der Waals surface area contributed by atoms with Gasteiger partial charge in [0, 0.05) is 0 Å². The van der Waals surface area contributed by atoms with E-state index in [1.54, 1.807) is 11.1 Å². The first-order valence-electron chi connectivity index (χ1n) is 27.3. The molecule has 4 aromatic rings. The minimum Gasteiger partial charge on any atom is -0.0654 e. The number of hydrogen-bond acceptors (Lipinski definition) is 0. The molecule has 0 atom stereocenters. The molecule has 0 heteroatoms.